The Kier molecular flexibility index (Phi) is 5.53. The molecule has 2 aromatic heterocycles. The van der Waals surface area contributed by atoms with Crippen molar-refractivity contribution in [2.24, 2.45) is 0 Å². The molecule has 0 unspecified atom stereocenters. The van der Waals surface area contributed by atoms with Crippen molar-refractivity contribution in [1.82, 2.24) is 14.0 Å². The van der Waals surface area contributed by atoms with Crippen LogP contribution in [0.3, 0.4) is 0 Å². The summed E-state index contributed by atoms with van der Waals surface area (Å²) < 4.78 is 27.3. The predicted molar refractivity (Wildman–Crippen MR) is 113 cm³/mol. The number of fused-ring (bicyclic) bond motifs is 1. The number of hydrogen-bond donors (Lipinski definition) is 0. The van der Waals surface area contributed by atoms with Crippen LogP contribution in [-0.4, -0.2) is 33.6 Å². The third-order valence-corrected chi connectivity index (χ3v) is 4.86. The van der Waals surface area contributed by atoms with E-state index in [0.29, 0.717) is 17.0 Å². The van der Waals surface area contributed by atoms with Crippen LogP contribution in [0.25, 0.3) is 17.0 Å². The fourth-order valence-electron chi connectivity index (χ4n) is 3.30. The summed E-state index contributed by atoms with van der Waals surface area (Å²) in [7, 11) is 1.58. The highest BCUT2D eigenvalue weighted by molar-refractivity contribution is 5.89. The van der Waals surface area contributed by atoms with Gasteiger partial charge in [0.05, 0.1) is 26.0 Å². The Morgan fingerprint density at radius 1 is 1.10 bits per heavy atom. The van der Waals surface area contributed by atoms with Gasteiger partial charge in [0.15, 0.2) is 0 Å². The van der Waals surface area contributed by atoms with E-state index in [0.717, 1.165) is 5.56 Å². The van der Waals surface area contributed by atoms with Crippen molar-refractivity contribution in [1.29, 1.82) is 0 Å². The summed E-state index contributed by atoms with van der Waals surface area (Å²) in [6.45, 7) is 1.87. The lowest BCUT2D eigenvalue weighted by molar-refractivity contribution is 0.0523. The van der Waals surface area contributed by atoms with Gasteiger partial charge in [0.2, 0.25) is 5.78 Å². The molecular formula is C23H20FN3O4. The van der Waals surface area contributed by atoms with Gasteiger partial charge in [0.1, 0.15) is 17.1 Å². The Morgan fingerprint density at radius 3 is 2.52 bits per heavy atom. The van der Waals surface area contributed by atoms with Gasteiger partial charge < -0.3 is 14.0 Å². The molecule has 31 heavy (non-hydrogen) atoms. The number of hydrogen-bond acceptors (Lipinski definition) is 5. The molecule has 0 bridgehead atoms. The van der Waals surface area contributed by atoms with E-state index in [1.807, 2.05) is 12.1 Å². The molecule has 0 saturated carbocycles. The summed E-state index contributed by atoms with van der Waals surface area (Å²) in [4.78, 5) is 29.9. The summed E-state index contributed by atoms with van der Waals surface area (Å²) in [6, 6.07) is 13.5. The van der Waals surface area contributed by atoms with Crippen LogP contribution in [0.2, 0.25) is 0 Å². The highest BCUT2D eigenvalue weighted by Crippen LogP contribution is 2.22. The first-order valence-electron chi connectivity index (χ1n) is 9.69. The van der Waals surface area contributed by atoms with E-state index in [2.05, 4.69) is 4.98 Å². The number of nitrogens with zero attached hydrogens (tertiary/aromatic N) is 3. The molecule has 0 fully saturated rings. The number of methoxy groups -OCH3 is 1. The topological polar surface area (TPSA) is 74.8 Å². The molecule has 0 aliphatic rings. The Balaban J connectivity index is 1.89. The smallest absolute Gasteiger partial charge is 0.345 e. The largest absolute Gasteiger partial charge is 0.497 e. The minimum Gasteiger partial charge on any atom is -0.497 e. The van der Waals surface area contributed by atoms with Gasteiger partial charge in [0, 0.05) is 23.5 Å². The summed E-state index contributed by atoms with van der Waals surface area (Å²) in [5.74, 6) is -0.154. The molecule has 7 nitrogen and oxygen atoms in total. The Bertz CT molecular complexity index is 1310. The number of aromatic nitrogens is 3. The molecule has 158 valence electrons. The molecule has 0 atom stereocenters. The molecule has 4 rings (SSSR count). The van der Waals surface area contributed by atoms with Gasteiger partial charge in [-0.25, -0.2) is 14.2 Å². The number of benzene rings is 2. The maximum absolute atomic E-state index is 14.3. The number of carbonyl (C=O) groups is 1. The van der Waals surface area contributed by atoms with Gasteiger partial charge in [0.25, 0.3) is 5.56 Å². The third-order valence-electron chi connectivity index (χ3n) is 4.86. The zero-order chi connectivity index (χ0) is 22.0. The lowest BCUT2D eigenvalue weighted by Gasteiger charge is -2.11. The van der Waals surface area contributed by atoms with Crippen LogP contribution in [0.15, 0.2) is 65.7 Å². The van der Waals surface area contributed by atoms with Crippen LogP contribution < -0.4 is 10.3 Å². The Morgan fingerprint density at radius 2 is 1.84 bits per heavy atom. The van der Waals surface area contributed by atoms with Crippen molar-refractivity contribution in [2.45, 2.75) is 13.5 Å². The summed E-state index contributed by atoms with van der Waals surface area (Å²) in [5, 5.41) is 0. The van der Waals surface area contributed by atoms with E-state index in [1.165, 1.54) is 16.7 Å². The molecule has 4 aromatic rings. The number of halogens is 1. The number of esters is 1. The fraction of sp³-hybridized carbons (Fsp3) is 0.174. The number of carbonyl (C=O) groups excluding carboxylic acids is 1. The lowest BCUT2D eigenvalue weighted by Crippen LogP contribution is -2.26. The van der Waals surface area contributed by atoms with E-state index in [1.54, 1.807) is 55.1 Å². The minimum atomic E-state index is -0.739. The van der Waals surface area contributed by atoms with E-state index in [4.69, 9.17) is 9.47 Å². The first kappa shape index (κ1) is 20.3. The second-order valence-corrected chi connectivity index (χ2v) is 6.81. The molecule has 0 amide bonds. The van der Waals surface area contributed by atoms with Gasteiger partial charge in [-0.3, -0.25) is 9.20 Å². The van der Waals surface area contributed by atoms with E-state index >= 15 is 0 Å². The van der Waals surface area contributed by atoms with Crippen LogP contribution in [-0.2, 0) is 11.3 Å². The first-order valence-corrected chi connectivity index (χ1v) is 9.69. The quantitative estimate of drug-likeness (QED) is 0.445. The van der Waals surface area contributed by atoms with Crippen LogP contribution in [0, 0.1) is 5.82 Å². The van der Waals surface area contributed by atoms with Gasteiger partial charge >= 0.3 is 5.97 Å². The molecule has 0 N–H and O–H groups in total. The van der Waals surface area contributed by atoms with Crippen molar-refractivity contribution < 1.29 is 18.7 Å². The Hall–Kier alpha value is -3.94. The molecular weight excluding hydrogens is 401 g/mol. The Labute approximate surface area is 177 Å². The van der Waals surface area contributed by atoms with Crippen LogP contribution in [0.1, 0.15) is 22.8 Å². The van der Waals surface area contributed by atoms with Crippen LogP contribution in [0.5, 0.6) is 5.75 Å². The minimum absolute atomic E-state index is 0.0852. The van der Waals surface area contributed by atoms with Gasteiger partial charge in [-0.2, -0.15) is 0 Å². The fourth-order valence-corrected chi connectivity index (χ4v) is 3.30. The zero-order valence-corrected chi connectivity index (χ0v) is 17.0. The maximum atomic E-state index is 14.3. The van der Waals surface area contributed by atoms with Crippen LogP contribution in [0.4, 0.5) is 4.39 Å². The standard InChI is InChI=1S/C23H20FN3O4/c1-3-31-22(29)18-13-26(12-16-6-4-5-7-19(16)24)23-25-20(14-27(23)21(18)28)15-8-10-17(30-2)11-9-15/h4-11,13-14H,3,12H2,1-2H3. The molecule has 2 heterocycles. The second-order valence-electron chi connectivity index (χ2n) is 6.81. The van der Waals surface area contributed by atoms with Crippen molar-refractivity contribution in [3.63, 3.8) is 0 Å². The first-order chi connectivity index (χ1) is 15.0. The van der Waals surface area contributed by atoms with Gasteiger partial charge in [-0.1, -0.05) is 18.2 Å². The van der Waals surface area contributed by atoms with Crippen LogP contribution >= 0.6 is 0 Å². The highest BCUT2D eigenvalue weighted by atomic mass is 19.1. The highest BCUT2D eigenvalue weighted by Gasteiger charge is 2.19. The molecule has 8 heteroatoms. The molecule has 0 radical (unpaired) electrons. The second kappa shape index (κ2) is 8.43. The number of rotatable bonds is 6. The number of imidazole rings is 1. The van der Waals surface area contributed by atoms with Crippen molar-refractivity contribution in [3.8, 4) is 17.0 Å². The van der Waals surface area contributed by atoms with E-state index in [-0.39, 0.29) is 30.3 Å². The summed E-state index contributed by atoms with van der Waals surface area (Å²) in [5.41, 5.74) is 0.994. The molecule has 0 aliphatic heterocycles. The van der Waals surface area contributed by atoms with Crippen molar-refractivity contribution in [2.75, 3.05) is 13.7 Å². The predicted octanol–water partition coefficient (Wildman–Crippen LogP) is 3.54. The summed E-state index contributed by atoms with van der Waals surface area (Å²) in [6.07, 6.45) is 2.92. The van der Waals surface area contributed by atoms with Gasteiger partial charge in [-0.15, -0.1) is 0 Å². The molecule has 0 aliphatic carbocycles. The average molecular weight is 421 g/mol. The third kappa shape index (κ3) is 3.92. The van der Waals surface area contributed by atoms with Gasteiger partial charge in [-0.05, 0) is 37.3 Å². The normalized spacial score (nSPS) is 10.9. The maximum Gasteiger partial charge on any atom is 0.345 e. The summed E-state index contributed by atoms with van der Waals surface area (Å²) >= 11 is 0. The SMILES string of the molecule is CCOC(=O)c1cn(Cc2ccccc2F)c2nc(-c3ccc(OC)cc3)cn2c1=O. The number of ether oxygens (including phenoxy) is 2. The molecule has 0 saturated heterocycles. The van der Waals surface area contributed by atoms with Crippen molar-refractivity contribution in [3.05, 3.63) is 88.2 Å². The van der Waals surface area contributed by atoms with E-state index < -0.39 is 11.5 Å². The average Bonchev–Trinajstić information content (AvgIpc) is 3.23. The monoisotopic (exact) mass is 421 g/mol. The molecule has 2 aromatic carbocycles. The lowest BCUT2D eigenvalue weighted by atomic mass is 10.2. The van der Waals surface area contributed by atoms with E-state index in [9.17, 15) is 14.0 Å². The van der Waals surface area contributed by atoms with Crippen molar-refractivity contribution >= 4 is 11.7 Å². The zero-order valence-electron chi connectivity index (χ0n) is 17.0. The molecule has 0 spiro atoms.